The molecular weight excluding hydrogens is 476 g/mol. The Bertz CT molecular complexity index is 1270. The van der Waals surface area contributed by atoms with E-state index in [0.717, 1.165) is 46.5 Å². The lowest BCUT2D eigenvalue weighted by Crippen LogP contribution is -2.42. The molecule has 38 heavy (non-hydrogen) atoms. The molecule has 0 bridgehead atoms. The van der Waals surface area contributed by atoms with Gasteiger partial charge >= 0.3 is 5.97 Å². The highest BCUT2D eigenvalue weighted by atomic mass is 16.5. The smallest absolute Gasteiger partial charge is 0.330 e. The minimum absolute atomic E-state index is 0.0744. The quantitative estimate of drug-likeness (QED) is 0.310. The number of aliphatic hydroxyl groups excluding tert-OH is 1. The average molecular weight is 513 g/mol. The Kier molecular flexibility index (Phi) is 8.98. The molecule has 0 unspecified atom stereocenters. The maximum absolute atomic E-state index is 13.8. The zero-order chi connectivity index (χ0) is 27.1. The highest BCUT2D eigenvalue weighted by molar-refractivity contribution is 5.96. The molecule has 0 heterocycles. The van der Waals surface area contributed by atoms with E-state index in [1.165, 1.54) is 13.2 Å². The molecule has 2 atom stereocenters. The van der Waals surface area contributed by atoms with Crippen molar-refractivity contribution in [1.82, 2.24) is 0 Å². The number of hydrogen-bond acceptors (Lipinski definition) is 5. The second kappa shape index (κ2) is 12.6. The van der Waals surface area contributed by atoms with Crippen molar-refractivity contribution < 1.29 is 19.4 Å². The summed E-state index contributed by atoms with van der Waals surface area (Å²) in [6.45, 7) is 0.381. The van der Waals surface area contributed by atoms with Crippen molar-refractivity contribution in [2.45, 2.75) is 38.3 Å². The molecular formula is C32H36N2O4. The van der Waals surface area contributed by atoms with E-state index in [4.69, 9.17) is 4.74 Å². The van der Waals surface area contributed by atoms with Gasteiger partial charge in [0.1, 0.15) is 0 Å². The standard InChI is InChI=1S/C32H36N2O4/c1-33(2)27-18-16-26(17-19-27)25-14-11-24(12-15-25)22-34(32(37)29-9-4-5-10-30(29)35)28-8-6-7-23(21-28)13-20-31(36)38-3/h6-8,11-21,29-30,35H,4-5,9-10,22H2,1-3H3/b20-13+/t29-,30+/m1/s1. The summed E-state index contributed by atoms with van der Waals surface area (Å²) in [6.07, 6.45) is 5.60. The van der Waals surface area contributed by atoms with Gasteiger partial charge in [0.05, 0.1) is 25.7 Å². The Morgan fingerprint density at radius 1 is 0.921 bits per heavy atom. The third-order valence-corrected chi connectivity index (χ3v) is 7.12. The molecule has 1 saturated carbocycles. The zero-order valence-electron chi connectivity index (χ0n) is 22.3. The maximum atomic E-state index is 13.8. The first-order valence-corrected chi connectivity index (χ1v) is 13.1. The molecule has 1 fully saturated rings. The Labute approximate surface area is 225 Å². The number of ether oxygens (including phenoxy) is 1. The molecule has 0 spiro atoms. The van der Waals surface area contributed by atoms with Crippen LogP contribution >= 0.6 is 0 Å². The van der Waals surface area contributed by atoms with Crippen molar-refractivity contribution >= 4 is 29.3 Å². The molecule has 0 aromatic heterocycles. The molecule has 1 aliphatic rings. The SMILES string of the molecule is COC(=O)/C=C/c1cccc(N(Cc2ccc(-c3ccc(N(C)C)cc3)cc2)C(=O)[C@@H]2CCCC[C@@H]2O)c1. The molecule has 0 aliphatic heterocycles. The zero-order valence-corrected chi connectivity index (χ0v) is 22.3. The molecule has 0 radical (unpaired) electrons. The average Bonchev–Trinajstić information content (AvgIpc) is 2.95. The van der Waals surface area contributed by atoms with Gasteiger partial charge in [0.2, 0.25) is 5.91 Å². The number of esters is 1. The molecule has 6 heteroatoms. The summed E-state index contributed by atoms with van der Waals surface area (Å²) in [5.74, 6) is -0.938. The predicted octanol–water partition coefficient (Wildman–Crippen LogP) is 5.69. The van der Waals surface area contributed by atoms with Gasteiger partial charge in [-0.05, 0) is 65.4 Å². The van der Waals surface area contributed by atoms with E-state index in [9.17, 15) is 14.7 Å². The van der Waals surface area contributed by atoms with Gasteiger partial charge < -0.3 is 19.6 Å². The van der Waals surface area contributed by atoms with Gasteiger partial charge in [0.15, 0.2) is 0 Å². The van der Waals surface area contributed by atoms with Gasteiger partial charge in [-0.3, -0.25) is 4.79 Å². The number of rotatable bonds is 8. The van der Waals surface area contributed by atoms with Crippen LogP contribution in [0.15, 0.2) is 78.9 Å². The summed E-state index contributed by atoms with van der Waals surface area (Å²) in [5.41, 5.74) is 5.88. The summed E-state index contributed by atoms with van der Waals surface area (Å²) < 4.78 is 4.70. The number of carbonyl (C=O) groups excluding carboxylic acids is 2. The highest BCUT2D eigenvalue weighted by Gasteiger charge is 2.33. The molecule has 6 nitrogen and oxygen atoms in total. The van der Waals surface area contributed by atoms with Crippen molar-refractivity contribution in [3.8, 4) is 11.1 Å². The minimum Gasteiger partial charge on any atom is -0.466 e. The van der Waals surface area contributed by atoms with E-state index in [1.54, 1.807) is 11.0 Å². The number of methoxy groups -OCH3 is 1. The summed E-state index contributed by atoms with van der Waals surface area (Å²) >= 11 is 0. The van der Waals surface area contributed by atoms with Crippen molar-refractivity contribution in [3.63, 3.8) is 0 Å². The first-order chi connectivity index (χ1) is 18.4. The largest absolute Gasteiger partial charge is 0.466 e. The molecule has 198 valence electrons. The summed E-state index contributed by atoms with van der Waals surface area (Å²) in [7, 11) is 5.38. The van der Waals surface area contributed by atoms with Gasteiger partial charge in [-0.1, -0.05) is 61.4 Å². The maximum Gasteiger partial charge on any atom is 0.330 e. The summed E-state index contributed by atoms with van der Waals surface area (Å²) in [5, 5.41) is 10.6. The van der Waals surface area contributed by atoms with Crippen molar-refractivity contribution in [2.75, 3.05) is 31.0 Å². The first kappa shape index (κ1) is 27.1. The third kappa shape index (κ3) is 6.69. The minimum atomic E-state index is -0.631. The Morgan fingerprint density at radius 2 is 1.58 bits per heavy atom. The molecule has 1 aliphatic carbocycles. The van der Waals surface area contributed by atoms with Crippen LogP contribution in [0.5, 0.6) is 0 Å². The fourth-order valence-electron chi connectivity index (χ4n) is 4.86. The normalized spacial score (nSPS) is 17.3. The van der Waals surface area contributed by atoms with Crippen LogP contribution in [0.2, 0.25) is 0 Å². The van der Waals surface area contributed by atoms with E-state index < -0.39 is 18.0 Å². The van der Waals surface area contributed by atoms with Crippen molar-refractivity contribution in [1.29, 1.82) is 0 Å². The van der Waals surface area contributed by atoms with E-state index in [1.807, 2.05) is 50.5 Å². The molecule has 1 N–H and O–H groups in total. The van der Waals surface area contributed by atoms with Gasteiger partial charge in [-0.25, -0.2) is 4.79 Å². The number of hydrogen-bond donors (Lipinski definition) is 1. The number of benzene rings is 3. The van der Waals surface area contributed by atoms with Crippen LogP contribution in [-0.2, 0) is 20.9 Å². The third-order valence-electron chi connectivity index (χ3n) is 7.12. The van der Waals surface area contributed by atoms with Crippen LogP contribution in [0.25, 0.3) is 17.2 Å². The van der Waals surface area contributed by atoms with Crippen LogP contribution < -0.4 is 9.80 Å². The number of nitrogens with zero attached hydrogens (tertiary/aromatic N) is 2. The van der Waals surface area contributed by atoms with Crippen LogP contribution in [0.1, 0.15) is 36.8 Å². The van der Waals surface area contributed by atoms with Crippen LogP contribution in [0.3, 0.4) is 0 Å². The molecule has 3 aromatic carbocycles. The van der Waals surface area contributed by atoms with E-state index >= 15 is 0 Å². The Balaban J connectivity index is 1.60. The first-order valence-electron chi connectivity index (χ1n) is 13.1. The highest BCUT2D eigenvalue weighted by Crippen LogP contribution is 2.30. The molecule has 1 amide bonds. The van der Waals surface area contributed by atoms with Crippen molar-refractivity contribution in [3.05, 3.63) is 90.0 Å². The lowest BCUT2D eigenvalue weighted by Gasteiger charge is -2.32. The van der Waals surface area contributed by atoms with E-state index in [2.05, 4.69) is 41.3 Å². The molecule has 4 rings (SSSR count). The molecule has 3 aromatic rings. The fraction of sp³-hybridized carbons (Fsp3) is 0.312. The van der Waals surface area contributed by atoms with Crippen LogP contribution in [-0.4, -0.2) is 44.3 Å². The van der Waals surface area contributed by atoms with E-state index in [-0.39, 0.29) is 5.91 Å². The van der Waals surface area contributed by atoms with Crippen molar-refractivity contribution in [2.24, 2.45) is 5.92 Å². The summed E-state index contributed by atoms with van der Waals surface area (Å²) in [6, 6.07) is 24.2. The number of anilines is 2. The fourth-order valence-corrected chi connectivity index (χ4v) is 4.86. The number of amides is 1. The molecule has 0 saturated heterocycles. The lowest BCUT2D eigenvalue weighted by atomic mass is 9.85. The number of aliphatic hydroxyl groups is 1. The topological polar surface area (TPSA) is 70.1 Å². The second-order valence-corrected chi connectivity index (χ2v) is 9.97. The van der Waals surface area contributed by atoms with Gasteiger partial charge in [0.25, 0.3) is 0 Å². The predicted molar refractivity (Wildman–Crippen MR) is 153 cm³/mol. The van der Waals surface area contributed by atoms with Gasteiger partial charge in [-0.15, -0.1) is 0 Å². The van der Waals surface area contributed by atoms with Crippen LogP contribution in [0.4, 0.5) is 11.4 Å². The van der Waals surface area contributed by atoms with Crippen LogP contribution in [0, 0.1) is 5.92 Å². The van der Waals surface area contributed by atoms with E-state index in [0.29, 0.717) is 19.4 Å². The summed E-state index contributed by atoms with van der Waals surface area (Å²) in [4.78, 5) is 29.2. The Morgan fingerprint density at radius 3 is 2.21 bits per heavy atom. The van der Waals surface area contributed by atoms with Gasteiger partial charge in [0, 0.05) is 31.5 Å². The lowest BCUT2D eigenvalue weighted by molar-refractivity contribution is -0.134. The number of carbonyl (C=O) groups is 2. The second-order valence-electron chi connectivity index (χ2n) is 9.97. The monoisotopic (exact) mass is 512 g/mol. The Hall–Kier alpha value is -3.90. The van der Waals surface area contributed by atoms with Gasteiger partial charge in [-0.2, -0.15) is 0 Å².